The smallest absolute Gasteiger partial charge is 0.219 e. The lowest BCUT2D eigenvalue weighted by Crippen LogP contribution is -2.57. The topological polar surface area (TPSA) is 30.0 Å². The molecule has 0 aromatic rings. The summed E-state index contributed by atoms with van der Waals surface area (Å²) in [5.74, 6) is 0.220. The summed E-state index contributed by atoms with van der Waals surface area (Å²) in [5, 5.41) is 0. The maximum atomic E-state index is 11.7. The van der Waals surface area contributed by atoms with Gasteiger partial charge in [0.15, 0.2) is 0 Å². The molecule has 0 unspecified atom stereocenters. The summed E-state index contributed by atoms with van der Waals surface area (Å²) in [6.07, 6.45) is 7.94. The first kappa shape index (κ1) is 25.4. The minimum Gasteiger partial charge on any atom is -0.337 e. The zero-order valence-corrected chi connectivity index (χ0v) is 19.9. The van der Waals surface area contributed by atoms with Crippen LogP contribution in [-0.2, 0) is 4.79 Å². The molecule has 5 nitrogen and oxygen atoms in total. The molecule has 0 aliphatic carbocycles. The Hall–Kier alpha value is -0.650. The van der Waals surface area contributed by atoms with E-state index < -0.39 is 0 Å². The molecule has 0 radical (unpaired) electrons. The number of hydrogen-bond donors (Lipinski definition) is 0. The molecule has 0 spiro atoms. The summed E-state index contributed by atoms with van der Waals surface area (Å²) in [6, 6.07) is 1.64. The fourth-order valence-corrected chi connectivity index (χ4v) is 4.60. The molecule has 2 aliphatic rings. The predicted molar refractivity (Wildman–Crippen MR) is 121 cm³/mol. The van der Waals surface area contributed by atoms with Gasteiger partial charge >= 0.3 is 0 Å². The quantitative estimate of drug-likeness (QED) is 0.587. The van der Waals surface area contributed by atoms with Gasteiger partial charge in [-0.05, 0) is 79.8 Å². The van der Waals surface area contributed by atoms with Crippen molar-refractivity contribution in [3.05, 3.63) is 0 Å². The van der Waals surface area contributed by atoms with Crippen LogP contribution < -0.4 is 0 Å². The zero-order chi connectivity index (χ0) is 21.1. The fourth-order valence-electron chi connectivity index (χ4n) is 4.60. The Morgan fingerprint density at radius 2 is 1.57 bits per heavy atom. The highest BCUT2D eigenvalue weighted by Crippen LogP contribution is 2.17. The van der Waals surface area contributed by atoms with Crippen molar-refractivity contribution in [2.45, 2.75) is 91.3 Å². The second-order valence-electron chi connectivity index (χ2n) is 8.79. The third kappa shape index (κ3) is 8.38. The maximum Gasteiger partial charge on any atom is 0.219 e. The molecule has 0 bridgehead atoms. The number of hydrogen-bond acceptors (Lipinski definition) is 4. The highest BCUT2D eigenvalue weighted by Gasteiger charge is 2.29. The minimum atomic E-state index is 0.220. The summed E-state index contributed by atoms with van der Waals surface area (Å²) >= 11 is 0. The van der Waals surface area contributed by atoms with Crippen molar-refractivity contribution in [2.24, 2.45) is 0 Å². The number of likely N-dealkylation sites (tertiary alicyclic amines) is 1. The molecule has 2 atom stereocenters. The molecule has 2 rings (SSSR count). The number of carbonyl (C=O) groups excluding carboxylic acids is 1. The standard InChI is InChI=1S/C21H42N4O.C2H6/c1-18-17-25(20(3)26)19(2)16-24(18)13-9-7-6-8-12-23(5)21-10-14-22(4)15-11-21;1-2/h18-19,21H,6-17H2,1-5H3;1-2H3/t18-,19+;/m0./s1. The Morgan fingerprint density at radius 1 is 0.964 bits per heavy atom. The summed E-state index contributed by atoms with van der Waals surface area (Å²) in [6.45, 7) is 17.0. The second-order valence-corrected chi connectivity index (χ2v) is 8.79. The number of carbonyl (C=O) groups is 1. The molecule has 2 fully saturated rings. The normalized spacial score (nSPS) is 24.9. The number of unbranched alkanes of at least 4 members (excludes halogenated alkanes) is 3. The van der Waals surface area contributed by atoms with E-state index in [4.69, 9.17) is 0 Å². The lowest BCUT2D eigenvalue weighted by atomic mass is 10.0. The molecule has 28 heavy (non-hydrogen) atoms. The molecule has 2 heterocycles. The van der Waals surface area contributed by atoms with Gasteiger partial charge in [0, 0.05) is 38.1 Å². The van der Waals surface area contributed by atoms with Gasteiger partial charge in [0.25, 0.3) is 0 Å². The molecular weight excluding hydrogens is 348 g/mol. The first-order valence-electron chi connectivity index (χ1n) is 11.8. The van der Waals surface area contributed by atoms with E-state index >= 15 is 0 Å². The van der Waals surface area contributed by atoms with E-state index in [1.165, 1.54) is 64.7 Å². The average molecular weight is 397 g/mol. The Morgan fingerprint density at radius 3 is 2.18 bits per heavy atom. The van der Waals surface area contributed by atoms with Crippen LogP contribution in [-0.4, -0.2) is 97.0 Å². The van der Waals surface area contributed by atoms with Crippen molar-refractivity contribution in [3.8, 4) is 0 Å². The van der Waals surface area contributed by atoms with Crippen molar-refractivity contribution in [1.82, 2.24) is 19.6 Å². The van der Waals surface area contributed by atoms with E-state index in [-0.39, 0.29) is 5.91 Å². The van der Waals surface area contributed by atoms with Gasteiger partial charge in [-0.3, -0.25) is 9.69 Å². The van der Waals surface area contributed by atoms with Gasteiger partial charge in [0.05, 0.1) is 0 Å². The monoisotopic (exact) mass is 396 g/mol. The molecule has 0 N–H and O–H groups in total. The molecule has 2 aliphatic heterocycles. The summed E-state index contributed by atoms with van der Waals surface area (Å²) in [7, 11) is 4.55. The second kappa shape index (κ2) is 13.6. The summed E-state index contributed by atoms with van der Waals surface area (Å²) in [4.78, 5) is 21.3. The SMILES string of the molecule is CC.CC(=O)N1C[C@H](C)N(CCCCCCN(C)C2CCN(C)CC2)C[C@H]1C. The van der Waals surface area contributed by atoms with Crippen molar-refractivity contribution < 1.29 is 4.79 Å². The number of piperidine rings is 1. The van der Waals surface area contributed by atoms with Crippen LogP contribution in [0.5, 0.6) is 0 Å². The molecule has 1 amide bonds. The van der Waals surface area contributed by atoms with Gasteiger partial charge in [0.2, 0.25) is 5.91 Å². The van der Waals surface area contributed by atoms with Crippen LogP contribution in [0.4, 0.5) is 0 Å². The van der Waals surface area contributed by atoms with Gasteiger partial charge in [-0.1, -0.05) is 26.7 Å². The predicted octanol–water partition coefficient (Wildman–Crippen LogP) is 3.54. The van der Waals surface area contributed by atoms with Crippen LogP contribution in [0.2, 0.25) is 0 Å². The third-order valence-corrected chi connectivity index (χ3v) is 6.54. The van der Waals surface area contributed by atoms with E-state index in [2.05, 4.69) is 42.6 Å². The highest BCUT2D eigenvalue weighted by atomic mass is 16.2. The van der Waals surface area contributed by atoms with Crippen LogP contribution >= 0.6 is 0 Å². The Labute approximate surface area is 175 Å². The van der Waals surface area contributed by atoms with Crippen molar-refractivity contribution in [2.75, 3.05) is 53.4 Å². The first-order valence-corrected chi connectivity index (χ1v) is 11.8. The van der Waals surface area contributed by atoms with Gasteiger partial charge in [-0.15, -0.1) is 0 Å². The van der Waals surface area contributed by atoms with Crippen LogP contribution in [0.15, 0.2) is 0 Å². The lowest BCUT2D eigenvalue weighted by molar-refractivity contribution is -0.134. The molecular formula is C23H48N4O. The van der Waals surface area contributed by atoms with E-state index in [0.29, 0.717) is 12.1 Å². The van der Waals surface area contributed by atoms with Crippen LogP contribution in [0.25, 0.3) is 0 Å². The van der Waals surface area contributed by atoms with Crippen LogP contribution in [0.1, 0.15) is 73.1 Å². The number of amides is 1. The lowest BCUT2D eigenvalue weighted by Gasteiger charge is -2.44. The largest absolute Gasteiger partial charge is 0.337 e. The van der Waals surface area contributed by atoms with E-state index in [1.807, 2.05) is 18.7 Å². The zero-order valence-electron chi connectivity index (χ0n) is 19.9. The van der Waals surface area contributed by atoms with E-state index in [1.54, 1.807) is 6.92 Å². The van der Waals surface area contributed by atoms with Gasteiger partial charge < -0.3 is 14.7 Å². The van der Waals surface area contributed by atoms with E-state index in [9.17, 15) is 4.79 Å². The fraction of sp³-hybridized carbons (Fsp3) is 0.957. The van der Waals surface area contributed by atoms with Gasteiger partial charge in [-0.2, -0.15) is 0 Å². The number of piperazine rings is 1. The minimum absolute atomic E-state index is 0.220. The Balaban J connectivity index is 0.00000190. The van der Waals surface area contributed by atoms with E-state index in [0.717, 1.165) is 19.1 Å². The molecule has 5 heteroatoms. The maximum absolute atomic E-state index is 11.7. The highest BCUT2D eigenvalue weighted by molar-refractivity contribution is 5.73. The van der Waals surface area contributed by atoms with Crippen LogP contribution in [0.3, 0.4) is 0 Å². The van der Waals surface area contributed by atoms with Gasteiger partial charge in [0.1, 0.15) is 0 Å². The van der Waals surface area contributed by atoms with Gasteiger partial charge in [-0.25, -0.2) is 0 Å². The van der Waals surface area contributed by atoms with Crippen molar-refractivity contribution in [1.29, 1.82) is 0 Å². The number of nitrogens with zero attached hydrogens (tertiary/aromatic N) is 4. The molecule has 0 aromatic carbocycles. The first-order chi connectivity index (χ1) is 13.4. The Bertz CT molecular complexity index is 423. The van der Waals surface area contributed by atoms with Crippen LogP contribution in [0, 0.1) is 0 Å². The Kier molecular flexibility index (Phi) is 12.3. The van der Waals surface area contributed by atoms with Crippen molar-refractivity contribution in [3.63, 3.8) is 0 Å². The molecule has 166 valence electrons. The average Bonchev–Trinajstić information content (AvgIpc) is 2.68. The number of rotatable bonds is 8. The van der Waals surface area contributed by atoms with Crippen molar-refractivity contribution >= 4 is 5.91 Å². The molecule has 0 aromatic heterocycles. The molecule has 0 saturated carbocycles. The summed E-state index contributed by atoms with van der Waals surface area (Å²) < 4.78 is 0. The molecule has 2 saturated heterocycles. The third-order valence-electron chi connectivity index (χ3n) is 6.54. The summed E-state index contributed by atoms with van der Waals surface area (Å²) in [5.41, 5.74) is 0.